The highest BCUT2D eigenvalue weighted by atomic mass is 16.5. The lowest BCUT2D eigenvalue weighted by atomic mass is 9.79. The molecule has 0 spiro atoms. The lowest BCUT2D eigenvalue weighted by Crippen LogP contribution is -2.54. The van der Waals surface area contributed by atoms with Gasteiger partial charge in [0.05, 0.1) is 18.9 Å². The minimum Gasteiger partial charge on any atom is -0.379 e. The van der Waals surface area contributed by atoms with Crippen LogP contribution in [-0.4, -0.2) is 52.6 Å². The Labute approximate surface area is 153 Å². The molecule has 1 aliphatic heterocycles. The molecule has 0 radical (unpaired) electrons. The van der Waals surface area contributed by atoms with Crippen LogP contribution >= 0.6 is 0 Å². The lowest BCUT2D eigenvalue weighted by Gasteiger charge is -2.47. The molecule has 1 saturated carbocycles. The minimum absolute atomic E-state index is 0.374. The highest BCUT2D eigenvalue weighted by Crippen LogP contribution is 2.34. The number of nitrogens with one attached hydrogen (secondary N) is 1. The Kier molecular flexibility index (Phi) is 6.18. The van der Waals surface area contributed by atoms with Gasteiger partial charge in [0.25, 0.3) is 0 Å². The quantitative estimate of drug-likeness (QED) is 0.858. The molecule has 5 nitrogen and oxygen atoms in total. The molecule has 3 rings (SSSR count). The van der Waals surface area contributed by atoms with E-state index < -0.39 is 0 Å². The maximum Gasteiger partial charge on any atom is 0.0669 e. The average Bonchev–Trinajstić information content (AvgIpc) is 2.96. The van der Waals surface area contributed by atoms with Crippen molar-refractivity contribution in [2.75, 3.05) is 26.3 Å². The molecular formula is C20H36N4O. The van der Waals surface area contributed by atoms with Gasteiger partial charge < -0.3 is 10.1 Å². The summed E-state index contributed by atoms with van der Waals surface area (Å²) in [4.78, 5) is 2.66. The van der Waals surface area contributed by atoms with E-state index in [1.165, 1.54) is 42.6 Å². The summed E-state index contributed by atoms with van der Waals surface area (Å²) in [6.45, 7) is 11.9. The van der Waals surface area contributed by atoms with Crippen molar-refractivity contribution in [3.63, 3.8) is 0 Å². The van der Waals surface area contributed by atoms with Crippen LogP contribution in [0.5, 0.6) is 0 Å². The van der Waals surface area contributed by atoms with Gasteiger partial charge in [-0.25, -0.2) is 0 Å². The van der Waals surface area contributed by atoms with E-state index >= 15 is 0 Å². The first-order valence-corrected chi connectivity index (χ1v) is 10.2. The summed E-state index contributed by atoms with van der Waals surface area (Å²) in [5, 5.41) is 8.55. The first-order valence-electron chi connectivity index (χ1n) is 10.2. The van der Waals surface area contributed by atoms with E-state index in [0.717, 1.165) is 45.7 Å². The van der Waals surface area contributed by atoms with Crippen LogP contribution < -0.4 is 5.32 Å². The van der Waals surface area contributed by atoms with Crippen LogP contribution in [0.3, 0.4) is 0 Å². The first kappa shape index (κ1) is 18.9. The number of aromatic nitrogens is 2. The summed E-state index contributed by atoms with van der Waals surface area (Å²) in [5.41, 5.74) is 4.47. The normalized spacial score (nSPS) is 28.4. The molecule has 2 heterocycles. The van der Waals surface area contributed by atoms with Crippen molar-refractivity contribution in [3.05, 3.63) is 17.0 Å². The second-order valence-electron chi connectivity index (χ2n) is 7.95. The van der Waals surface area contributed by atoms with Gasteiger partial charge >= 0.3 is 0 Å². The van der Waals surface area contributed by atoms with Crippen molar-refractivity contribution in [1.29, 1.82) is 0 Å². The standard InChI is InChI=1S/C20H36N4O/c1-5-18-17(19(6-2)23(4)22-18)15-21-16-7-9-20(3,10-8-16)24-11-13-25-14-12-24/h16,21H,5-15H2,1-4H3. The summed E-state index contributed by atoms with van der Waals surface area (Å²) in [6.07, 6.45) is 7.21. The molecule has 1 aliphatic carbocycles. The monoisotopic (exact) mass is 348 g/mol. The maximum atomic E-state index is 5.53. The number of nitrogens with zero attached hydrogens (tertiary/aromatic N) is 3. The summed E-state index contributed by atoms with van der Waals surface area (Å²) < 4.78 is 7.60. The highest BCUT2D eigenvalue weighted by molar-refractivity contribution is 5.26. The van der Waals surface area contributed by atoms with Gasteiger partial charge in [0, 0.05) is 49.5 Å². The fourth-order valence-corrected chi connectivity index (χ4v) is 4.70. The van der Waals surface area contributed by atoms with E-state index in [2.05, 4.69) is 42.7 Å². The minimum atomic E-state index is 0.374. The van der Waals surface area contributed by atoms with Crippen molar-refractivity contribution in [1.82, 2.24) is 20.0 Å². The van der Waals surface area contributed by atoms with Crippen LogP contribution in [0.2, 0.25) is 0 Å². The summed E-state index contributed by atoms with van der Waals surface area (Å²) in [7, 11) is 2.08. The number of hydrogen-bond acceptors (Lipinski definition) is 4. The van der Waals surface area contributed by atoms with Gasteiger partial charge in [-0.2, -0.15) is 5.10 Å². The van der Waals surface area contributed by atoms with Crippen LogP contribution in [-0.2, 0) is 31.2 Å². The Bertz CT molecular complexity index is 554. The molecule has 0 amide bonds. The van der Waals surface area contributed by atoms with Gasteiger partial charge in [-0.05, 0) is 45.4 Å². The van der Waals surface area contributed by atoms with Crippen LogP contribution in [0.4, 0.5) is 0 Å². The summed E-state index contributed by atoms with van der Waals surface area (Å²) >= 11 is 0. The van der Waals surface area contributed by atoms with Gasteiger partial charge in [0.2, 0.25) is 0 Å². The Morgan fingerprint density at radius 2 is 1.84 bits per heavy atom. The Hall–Kier alpha value is -0.910. The number of rotatable bonds is 6. The van der Waals surface area contributed by atoms with E-state index in [9.17, 15) is 0 Å². The SMILES string of the molecule is CCc1nn(C)c(CC)c1CNC1CCC(C)(N2CCOCC2)CC1. The molecule has 1 aromatic heterocycles. The smallest absolute Gasteiger partial charge is 0.0669 e. The molecule has 25 heavy (non-hydrogen) atoms. The van der Waals surface area contributed by atoms with E-state index in [1.807, 2.05) is 0 Å². The third kappa shape index (κ3) is 4.09. The fraction of sp³-hybridized carbons (Fsp3) is 0.850. The van der Waals surface area contributed by atoms with Gasteiger partial charge in [-0.1, -0.05) is 13.8 Å². The zero-order valence-electron chi connectivity index (χ0n) is 16.6. The third-order valence-corrected chi connectivity index (χ3v) is 6.43. The second kappa shape index (κ2) is 8.19. The highest BCUT2D eigenvalue weighted by Gasteiger charge is 2.36. The average molecular weight is 349 g/mol. The first-order chi connectivity index (χ1) is 12.1. The van der Waals surface area contributed by atoms with Crippen molar-refractivity contribution in [2.45, 2.75) is 77.4 Å². The molecule has 0 unspecified atom stereocenters. The largest absolute Gasteiger partial charge is 0.379 e. The molecule has 2 fully saturated rings. The van der Waals surface area contributed by atoms with E-state index in [0.29, 0.717) is 11.6 Å². The second-order valence-corrected chi connectivity index (χ2v) is 7.95. The predicted molar refractivity (Wildman–Crippen MR) is 102 cm³/mol. The predicted octanol–water partition coefficient (Wildman–Crippen LogP) is 2.67. The van der Waals surface area contributed by atoms with Crippen molar-refractivity contribution in [2.24, 2.45) is 7.05 Å². The fourth-order valence-electron chi connectivity index (χ4n) is 4.70. The number of morpholine rings is 1. The zero-order chi connectivity index (χ0) is 17.9. The molecule has 5 heteroatoms. The lowest BCUT2D eigenvalue weighted by molar-refractivity contribution is -0.0324. The topological polar surface area (TPSA) is 42.3 Å². The van der Waals surface area contributed by atoms with Crippen molar-refractivity contribution >= 4 is 0 Å². The molecule has 142 valence electrons. The third-order valence-electron chi connectivity index (χ3n) is 6.43. The molecule has 0 atom stereocenters. The van der Waals surface area contributed by atoms with E-state index in [4.69, 9.17) is 9.84 Å². The molecular weight excluding hydrogens is 312 g/mol. The van der Waals surface area contributed by atoms with E-state index in [1.54, 1.807) is 0 Å². The zero-order valence-corrected chi connectivity index (χ0v) is 16.6. The van der Waals surface area contributed by atoms with Crippen LogP contribution in [0.25, 0.3) is 0 Å². The van der Waals surface area contributed by atoms with Crippen LogP contribution in [0.15, 0.2) is 0 Å². The molecule has 1 N–H and O–H groups in total. The Morgan fingerprint density at radius 3 is 2.44 bits per heavy atom. The number of ether oxygens (including phenoxy) is 1. The van der Waals surface area contributed by atoms with Crippen LogP contribution in [0.1, 0.15) is 63.4 Å². The van der Waals surface area contributed by atoms with Gasteiger partial charge in [-0.3, -0.25) is 9.58 Å². The van der Waals surface area contributed by atoms with E-state index in [-0.39, 0.29) is 0 Å². The Balaban J connectivity index is 1.54. The van der Waals surface area contributed by atoms with Gasteiger partial charge in [0.15, 0.2) is 0 Å². The van der Waals surface area contributed by atoms with Crippen molar-refractivity contribution in [3.8, 4) is 0 Å². The summed E-state index contributed by atoms with van der Waals surface area (Å²) in [5.74, 6) is 0. The molecule has 0 aromatic carbocycles. The van der Waals surface area contributed by atoms with Crippen LogP contribution in [0, 0.1) is 0 Å². The van der Waals surface area contributed by atoms with Gasteiger partial charge in [0.1, 0.15) is 0 Å². The number of aryl methyl sites for hydroxylation is 2. The summed E-state index contributed by atoms with van der Waals surface area (Å²) in [6, 6.07) is 0.642. The van der Waals surface area contributed by atoms with Gasteiger partial charge in [-0.15, -0.1) is 0 Å². The Morgan fingerprint density at radius 1 is 1.16 bits per heavy atom. The van der Waals surface area contributed by atoms with Crippen molar-refractivity contribution < 1.29 is 4.74 Å². The molecule has 0 bridgehead atoms. The molecule has 1 aromatic rings. The number of hydrogen-bond donors (Lipinski definition) is 1. The molecule has 1 saturated heterocycles. The molecule has 2 aliphatic rings. The maximum absolute atomic E-state index is 5.53.